The average Bonchev–Trinajstić information content (AvgIpc) is 2.07. The van der Waals surface area contributed by atoms with Gasteiger partial charge in [0.15, 0.2) is 0 Å². The Hall–Kier alpha value is -0.940. The molecule has 0 saturated heterocycles. The van der Waals surface area contributed by atoms with Gasteiger partial charge in [0.2, 0.25) is 0 Å². The van der Waals surface area contributed by atoms with Gasteiger partial charge in [-0.1, -0.05) is 11.6 Å². The lowest BCUT2D eigenvalue weighted by Gasteiger charge is -2.01. The van der Waals surface area contributed by atoms with Gasteiger partial charge in [-0.05, 0) is 11.6 Å². The summed E-state index contributed by atoms with van der Waals surface area (Å²) in [5.41, 5.74) is 0.654. The van der Waals surface area contributed by atoms with E-state index in [1.54, 1.807) is 6.07 Å². The quantitative estimate of drug-likeness (QED) is 0.845. The van der Waals surface area contributed by atoms with Crippen molar-refractivity contribution in [3.63, 3.8) is 0 Å². The van der Waals surface area contributed by atoms with Crippen molar-refractivity contribution >= 4 is 28.4 Å². The highest BCUT2D eigenvalue weighted by Gasteiger charge is 2.08. The van der Waals surface area contributed by atoms with Gasteiger partial charge in [0, 0.05) is 23.2 Å². The zero-order chi connectivity index (χ0) is 10.6. The fraction of sp³-hybridized carbons (Fsp3) is 0.250. The number of carbonyl (C=O) groups is 1. The Balaban J connectivity index is 2.65. The van der Waals surface area contributed by atoms with Crippen LogP contribution in [0.25, 0.3) is 0 Å². The number of carboxylic acid groups (broad SMARTS) is 1. The van der Waals surface area contributed by atoms with Crippen LogP contribution in [-0.4, -0.2) is 26.0 Å². The highest BCUT2D eigenvalue weighted by atomic mass is 35.5. The largest absolute Gasteiger partial charge is 0.481 e. The van der Waals surface area contributed by atoms with Crippen LogP contribution in [0, 0.1) is 0 Å². The molecule has 76 valence electrons. The number of pyridine rings is 1. The van der Waals surface area contributed by atoms with E-state index in [2.05, 4.69) is 4.98 Å². The molecule has 1 aromatic heterocycles. The first kappa shape index (κ1) is 11.1. The fourth-order valence-electron chi connectivity index (χ4n) is 0.883. The number of hydrogen-bond donors (Lipinski definition) is 1. The molecule has 0 saturated carbocycles. The standard InChI is InChI=1S/C8H8ClNO3S/c9-7-3-10-2-1-6(7)4-14(13)5-8(11)12/h1-3H,4-5H2,(H,11,12). The van der Waals surface area contributed by atoms with Crippen LogP contribution < -0.4 is 0 Å². The van der Waals surface area contributed by atoms with Crippen LogP contribution in [0.1, 0.15) is 5.56 Å². The normalized spacial score (nSPS) is 12.4. The molecule has 1 heterocycles. The van der Waals surface area contributed by atoms with Crippen molar-refractivity contribution in [3.8, 4) is 0 Å². The maximum absolute atomic E-state index is 11.2. The topological polar surface area (TPSA) is 67.3 Å². The number of rotatable bonds is 4. The molecule has 6 heteroatoms. The van der Waals surface area contributed by atoms with E-state index in [9.17, 15) is 9.00 Å². The Kier molecular flexibility index (Phi) is 4.03. The second kappa shape index (κ2) is 5.07. The lowest BCUT2D eigenvalue weighted by molar-refractivity contribution is -0.133. The summed E-state index contributed by atoms with van der Waals surface area (Å²) < 4.78 is 11.2. The monoisotopic (exact) mass is 233 g/mol. The van der Waals surface area contributed by atoms with Crippen LogP contribution in [-0.2, 0) is 21.3 Å². The summed E-state index contributed by atoms with van der Waals surface area (Å²) in [6, 6.07) is 1.63. The minimum Gasteiger partial charge on any atom is -0.481 e. The Labute approximate surface area is 88.4 Å². The highest BCUT2D eigenvalue weighted by Crippen LogP contribution is 2.15. The predicted molar refractivity (Wildman–Crippen MR) is 53.6 cm³/mol. The van der Waals surface area contributed by atoms with Gasteiger partial charge >= 0.3 is 5.97 Å². The summed E-state index contributed by atoms with van der Waals surface area (Å²) in [6.07, 6.45) is 2.97. The maximum atomic E-state index is 11.2. The average molecular weight is 234 g/mol. The van der Waals surface area contributed by atoms with Gasteiger partial charge in [0.25, 0.3) is 0 Å². The summed E-state index contributed by atoms with van der Waals surface area (Å²) in [5.74, 6) is -1.29. The Morgan fingerprint density at radius 3 is 2.93 bits per heavy atom. The van der Waals surface area contributed by atoms with E-state index < -0.39 is 16.8 Å². The maximum Gasteiger partial charge on any atom is 0.316 e. The van der Waals surface area contributed by atoms with Gasteiger partial charge in [-0.2, -0.15) is 0 Å². The molecule has 1 aromatic rings. The van der Waals surface area contributed by atoms with Gasteiger partial charge in [-0.25, -0.2) is 0 Å². The Morgan fingerprint density at radius 1 is 1.64 bits per heavy atom. The molecule has 0 radical (unpaired) electrons. The molecule has 0 spiro atoms. The third kappa shape index (κ3) is 3.43. The van der Waals surface area contributed by atoms with Gasteiger partial charge < -0.3 is 5.11 Å². The van der Waals surface area contributed by atoms with Crippen molar-refractivity contribution in [2.45, 2.75) is 5.75 Å². The third-order valence-electron chi connectivity index (χ3n) is 1.46. The fourth-order valence-corrected chi connectivity index (χ4v) is 2.12. The van der Waals surface area contributed by atoms with Gasteiger partial charge in [-0.3, -0.25) is 14.0 Å². The van der Waals surface area contributed by atoms with E-state index in [4.69, 9.17) is 16.7 Å². The number of aromatic nitrogens is 1. The molecule has 0 aliphatic heterocycles. The predicted octanol–water partition coefficient (Wildman–Crippen LogP) is 1.07. The van der Waals surface area contributed by atoms with Crippen LogP contribution in [0.3, 0.4) is 0 Å². The molecule has 0 amide bonds. The number of halogens is 1. The molecule has 0 aliphatic carbocycles. The molecule has 4 nitrogen and oxygen atoms in total. The van der Waals surface area contributed by atoms with Crippen molar-refractivity contribution < 1.29 is 14.1 Å². The second-order valence-corrected chi connectivity index (χ2v) is 4.45. The lowest BCUT2D eigenvalue weighted by atomic mass is 10.3. The van der Waals surface area contributed by atoms with E-state index in [1.165, 1.54) is 12.4 Å². The number of carboxylic acids is 1. The number of aliphatic carboxylic acids is 1. The first-order valence-electron chi connectivity index (χ1n) is 3.74. The molecule has 1 unspecified atom stereocenters. The van der Waals surface area contributed by atoms with Crippen molar-refractivity contribution in [1.82, 2.24) is 4.98 Å². The molecule has 1 N–H and O–H groups in total. The molecule has 1 atom stereocenters. The van der Waals surface area contributed by atoms with Crippen molar-refractivity contribution in [2.24, 2.45) is 0 Å². The van der Waals surface area contributed by atoms with Crippen molar-refractivity contribution in [2.75, 3.05) is 5.75 Å². The third-order valence-corrected chi connectivity index (χ3v) is 3.00. The van der Waals surface area contributed by atoms with E-state index in [-0.39, 0.29) is 11.5 Å². The second-order valence-electron chi connectivity index (χ2n) is 2.59. The SMILES string of the molecule is O=C(O)CS(=O)Cc1ccncc1Cl. The van der Waals surface area contributed by atoms with Crippen molar-refractivity contribution in [1.29, 1.82) is 0 Å². The Bertz CT molecular complexity index is 369. The van der Waals surface area contributed by atoms with Gasteiger partial charge in [0.1, 0.15) is 5.75 Å². The van der Waals surface area contributed by atoms with E-state index in [1.807, 2.05) is 0 Å². The summed E-state index contributed by atoms with van der Waals surface area (Å²) in [7, 11) is -1.42. The molecule has 0 fully saturated rings. The van der Waals surface area contributed by atoms with Crippen LogP contribution in [0.5, 0.6) is 0 Å². The molecule has 1 rings (SSSR count). The summed E-state index contributed by atoms with van der Waals surface area (Å²) >= 11 is 5.76. The number of hydrogen-bond acceptors (Lipinski definition) is 3. The van der Waals surface area contributed by atoms with Gasteiger partial charge in [-0.15, -0.1) is 0 Å². The summed E-state index contributed by atoms with van der Waals surface area (Å²) in [5, 5.41) is 8.80. The minimum absolute atomic E-state index is 0.146. The summed E-state index contributed by atoms with van der Waals surface area (Å²) in [4.78, 5) is 14.0. The first-order chi connectivity index (χ1) is 6.59. The molecular weight excluding hydrogens is 226 g/mol. The molecular formula is C8H8ClNO3S. The smallest absolute Gasteiger partial charge is 0.316 e. The van der Waals surface area contributed by atoms with Crippen LogP contribution in [0.4, 0.5) is 0 Å². The molecule has 0 bridgehead atoms. The molecule has 0 aliphatic rings. The van der Waals surface area contributed by atoms with Crippen molar-refractivity contribution in [3.05, 3.63) is 29.0 Å². The first-order valence-corrected chi connectivity index (χ1v) is 5.61. The number of nitrogens with zero attached hydrogens (tertiary/aromatic N) is 1. The zero-order valence-electron chi connectivity index (χ0n) is 7.14. The van der Waals surface area contributed by atoms with E-state index in [0.717, 1.165) is 0 Å². The van der Waals surface area contributed by atoms with Gasteiger partial charge in [0.05, 0.1) is 10.8 Å². The zero-order valence-corrected chi connectivity index (χ0v) is 8.72. The minimum atomic E-state index is -1.42. The summed E-state index contributed by atoms with van der Waals surface area (Å²) in [6.45, 7) is 0. The van der Waals surface area contributed by atoms with Crippen LogP contribution in [0.2, 0.25) is 5.02 Å². The molecule has 14 heavy (non-hydrogen) atoms. The molecule has 0 aromatic carbocycles. The van der Waals surface area contributed by atoms with E-state index in [0.29, 0.717) is 10.6 Å². The highest BCUT2D eigenvalue weighted by molar-refractivity contribution is 7.84. The Morgan fingerprint density at radius 2 is 2.36 bits per heavy atom. The van der Waals surface area contributed by atoms with Crippen LogP contribution >= 0.6 is 11.6 Å². The van der Waals surface area contributed by atoms with Crippen LogP contribution in [0.15, 0.2) is 18.5 Å². The lowest BCUT2D eigenvalue weighted by Crippen LogP contribution is -2.10. The van der Waals surface area contributed by atoms with E-state index >= 15 is 0 Å².